The number of aromatic hydroxyl groups is 1. The summed E-state index contributed by atoms with van der Waals surface area (Å²) >= 11 is 0. The molecule has 1 aromatic heterocycles. The first-order chi connectivity index (χ1) is 13.8. The van der Waals surface area contributed by atoms with Gasteiger partial charge in [-0.2, -0.15) is 0 Å². The lowest BCUT2D eigenvalue weighted by Gasteiger charge is -2.26. The second-order valence-electron chi connectivity index (χ2n) is 7.99. The highest BCUT2D eigenvalue weighted by Crippen LogP contribution is 2.46. The molecule has 1 heterocycles. The van der Waals surface area contributed by atoms with Crippen LogP contribution in [0.4, 0.5) is 5.69 Å². The fourth-order valence-electron chi connectivity index (χ4n) is 4.86. The van der Waals surface area contributed by atoms with Gasteiger partial charge in [0.15, 0.2) is 0 Å². The van der Waals surface area contributed by atoms with Gasteiger partial charge in [0, 0.05) is 17.3 Å². The molecule has 5 rings (SSSR count). The predicted octanol–water partition coefficient (Wildman–Crippen LogP) is 5.90. The van der Waals surface area contributed by atoms with E-state index < -0.39 is 0 Å². The van der Waals surface area contributed by atoms with E-state index in [2.05, 4.69) is 23.2 Å². The monoisotopic (exact) mass is 370 g/mol. The molecule has 2 aliphatic carbocycles. The summed E-state index contributed by atoms with van der Waals surface area (Å²) in [6.45, 7) is 0. The van der Waals surface area contributed by atoms with Crippen molar-refractivity contribution in [2.45, 2.75) is 51.4 Å². The summed E-state index contributed by atoms with van der Waals surface area (Å²) in [4.78, 5) is 8.05. The van der Waals surface area contributed by atoms with Gasteiger partial charge in [0.2, 0.25) is 0 Å². The third kappa shape index (κ3) is 3.05. The minimum Gasteiger partial charge on any atom is -0.507 e. The van der Waals surface area contributed by atoms with Gasteiger partial charge < -0.3 is 10.1 Å². The van der Waals surface area contributed by atoms with Crippen molar-refractivity contribution in [1.82, 2.24) is 4.98 Å². The second-order valence-corrected chi connectivity index (χ2v) is 7.99. The van der Waals surface area contributed by atoms with E-state index in [0.717, 1.165) is 48.2 Å². The summed E-state index contributed by atoms with van der Waals surface area (Å²) in [5.41, 5.74) is 9.70. The SMILES string of the molecule is Oc1ccc2c(c1-c1c(N=Cc3ccc[nH]3)ccc3c1CCCC3)CCCC2. The summed E-state index contributed by atoms with van der Waals surface area (Å²) in [5.74, 6) is 0.399. The van der Waals surface area contributed by atoms with Gasteiger partial charge in [-0.05, 0) is 97.9 Å². The molecule has 0 spiro atoms. The zero-order valence-electron chi connectivity index (χ0n) is 16.2. The third-order valence-corrected chi connectivity index (χ3v) is 6.24. The molecule has 142 valence electrons. The van der Waals surface area contributed by atoms with Crippen LogP contribution < -0.4 is 0 Å². The number of benzene rings is 2. The number of hydrogen-bond acceptors (Lipinski definition) is 2. The number of hydrogen-bond donors (Lipinski definition) is 2. The summed E-state index contributed by atoms with van der Waals surface area (Å²) in [7, 11) is 0. The fourth-order valence-corrected chi connectivity index (χ4v) is 4.86. The molecule has 3 heteroatoms. The van der Waals surface area contributed by atoms with E-state index >= 15 is 0 Å². The maximum absolute atomic E-state index is 10.9. The first-order valence-corrected chi connectivity index (χ1v) is 10.5. The fraction of sp³-hybridized carbons (Fsp3) is 0.320. The first kappa shape index (κ1) is 17.3. The number of rotatable bonds is 3. The Kier molecular flexibility index (Phi) is 4.52. The van der Waals surface area contributed by atoms with Gasteiger partial charge in [0.05, 0.1) is 17.6 Å². The van der Waals surface area contributed by atoms with Crippen LogP contribution in [0.1, 0.15) is 53.6 Å². The largest absolute Gasteiger partial charge is 0.507 e. The van der Waals surface area contributed by atoms with E-state index in [1.54, 1.807) is 0 Å². The lowest BCUT2D eigenvalue weighted by molar-refractivity contribution is 0.475. The lowest BCUT2D eigenvalue weighted by atomic mass is 9.80. The van der Waals surface area contributed by atoms with Gasteiger partial charge in [-0.3, -0.25) is 4.99 Å². The van der Waals surface area contributed by atoms with Crippen LogP contribution in [-0.2, 0) is 25.7 Å². The number of phenols is 1. The van der Waals surface area contributed by atoms with Gasteiger partial charge in [-0.1, -0.05) is 12.1 Å². The molecule has 0 amide bonds. The van der Waals surface area contributed by atoms with E-state index in [9.17, 15) is 5.11 Å². The zero-order chi connectivity index (χ0) is 18.9. The van der Waals surface area contributed by atoms with Crippen LogP contribution in [0.5, 0.6) is 5.75 Å². The van der Waals surface area contributed by atoms with E-state index in [1.807, 2.05) is 30.6 Å². The van der Waals surface area contributed by atoms with Crippen molar-refractivity contribution in [3.05, 3.63) is 70.5 Å². The van der Waals surface area contributed by atoms with Crippen LogP contribution in [0.25, 0.3) is 11.1 Å². The third-order valence-electron chi connectivity index (χ3n) is 6.24. The van der Waals surface area contributed by atoms with Crippen molar-refractivity contribution in [2.75, 3.05) is 0 Å². The van der Waals surface area contributed by atoms with Crippen molar-refractivity contribution in [1.29, 1.82) is 0 Å². The number of aliphatic imine (C=N–C) groups is 1. The molecule has 0 saturated carbocycles. The minimum atomic E-state index is 0.399. The molecule has 0 saturated heterocycles. The number of H-pyrrole nitrogens is 1. The van der Waals surface area contributed by atoms with Crippen molar-refractivity contribution in [2.24, 2.45) is 4.99 Å². The predicted molar refractivity (Wildman–Crippen MR) is 115 cm³/mol. The number of aromatic nitrogens is 1. The van der Waals surface area contributed by atoms with Crippen molar-refractivity contribution < 1.29 is 5.11 Å². The number of aromatic amines is 1. The highest BCUT2D eigenvalue weighted by atomic mass is 16.3. The Labute approximate surface area is 166 Å². The standard InChI is InChI=1S/C25H26N2O/c28-23-14-12-18-7-2-4-10-21(18)25(23)24-20-9-3-1-6-17(20)11-13-22(24)27-16-19-8-5-15-26-19/h5,8,11-16,26,28H,1-4,6-7,9-10H2. The molecule has 0 radical (unpaired) electrons. The highest BCUT2D eigenvalue weighted by molar-refractivity contribution is 5.90. The average molecular weight is 370 g/mol. The topological polar surface area (TPSA) is 48.4 Å². The minimum absolute atomic E-state index is 0.399. The van der Waals surface area contributed by atoms with Gasteiger partial charge in [0.25, 0.3) is 0 Å². The quantitative estimate of drug-likeness (QED) is 0.554. The Hall–Kier alpha value is -2.81. The number of phenolic OH excluding ortho intramolecular Hbond substituents is 1. The number of nitrogens with zero attached hydrogens (tertiary/aromatic N) is 1. The molecule has 0 fully saturated rings. The van der Waals surface area contributed by atoms with Gasteiger partial charge in [-0.25, -0.2) is 0 Å². The summed E-state index contributed by atoms with van der Waals surface area (Å²) in [6, 6.07) is 12.4. The maximum Gasteiger partial charge on any atom is 0.123 e. The molecule has 2 N–H and O–H groups in total. The molecule has 0 unspecified atom stereocenters. The first-order valence-electron chi connectivity index (χ1n) is 10.5. The number of aryl methyl sites for hydroxylation is 2. The van der Waals surface area contributed by atoms with Crippen molar-refractivity contribution in [3.63, 3.8) is 0 Å². The summed E-state index contributed by atoms with van der Waals surface area (Å²) in [5, 5.41) is 10.9. The summed E-state index contributed by atoms with van der Waals surface area (Å²) in [6.07, 6.45) is 13.0. The normalized spacial score (nSPS) is 16.1. The van der Waals surface area contributed by atoms with Crippen LogP contribution in [-0.4, -0.2) is 16.3 Å². The Morgan fingerprint density at radius 3 is 2.18 bits per heavy atom. The van der Waals surface area contributed by atoms with Gasteiger partial charge in [0.1, 0.15) is 5.75 Å². The molecule has 0 aliphatic heterocycles. The molecular weight excluding hydrogens is 344 g/mol. The second kappa shape index (κ2) is 7.31. The van der Waals surface area contributed by atoms with E-state index in [-0.39, 0.29) is 0 Å². The average Bonchev–Trinajstić information content (AvgIpc) is 3.26. The molecule has 0 bridgehead atoms. The smallest absolute Gasteiger partial charge is 0.123 e. The van der Waals surface area contributed by atoms with Crippen LogP contribution in [0, 0.1) is 0 Å². The molecule has 28 heavy (non-hydrogen) atoms. The molecule has 3 nitrogen and oxygen atoms in total. The Bertz CT molecular complexity index is 1030. The molecule has 2 aromatic carbocycles. The molecular formula is C25H26N2O. The Morgan fingerprint density at radius 2 is 1.46 bits per heavy atom. The Balaban J connectivity index is 1.74. The summed E-state index contributed by atoms with van der Waals surface area (Å²) < 4.78 is 0. The molecule has 0 atom stereocenters. The Morgan fingerprint density at radius 1 is 0.786 bits per heavy atom. The number of nitrogens with one attached hydrogen (secondary N) is 1. The molecule has 2 aliphatic rings. The van der Waals surface area contributed by atoms with Crippen LogP contribution in [0.2, 0.25) is 0 Å². The number of fused-ring (bicyclic) bond motifs is 2. The van der Waals surface area contributed by atoms with Crippen LogP contribution in [0.3, 0.4) is 0 Å². The van der Waals surface area contributed by atoms with Crippen molar-refractivity contribution in [3.8, 4) is 16.9 Å². The lowest BCUT2D eigenvalue weighted by Crippen LogP contribution is -2.09. The maximum atomic E-state index is 10.9. The zero-order valence-corrected chi connectivity index (χ0v) is 16.2. The molecule has 3 aromatic rings. The van der Waals surface area contributed by atoms with E-state index in [4.69, 9.17) is 4.99 Å². The van der Waals surface area contributed by atoms with Crippen LogP contribution in [0.15, 0.2) is 47.6 Å². The van der Waals surface area contributed by atoms with Crippen molar-refractivity contribution >= 4 is 11.9 Å². The van der Waals surface area contributed by atoms with E-state index in [1.165, 1.54) is 47.9 Å². The van der Waals surface area contributed by atoms with E-state index in [0.29, 0.717) is 5.75 Å². The highest BCUT2D eigenvalue weighted by Gasteiger charge is 2.24. The van der Waals surface area contributed by atoms with Gasteiger partial charge >= 0.3 is 0 Å². The van der Waals surface area contributed by atoms with Crippen LogP contribution >= 0.6 is 0 Å². The van der Waals surface area contributed by atoms with Gasteiger partial charge in [-0.15, -0.1) is 0 Å².